The Bertz CT molecular complexity index is 406. The van der Waals surface area contributed by atoms with Crippen LogP contribution in [0.5, 0.6) is 11.5 Å². The lowest BCUT2D eigenvalue weighted by Crippen LogP contribution is -2.17. The maximum absolute atomic E-state index is 11.3. The number of phenols is 1. The molecule has 0 radical (unpaired) electrons. The van der Waals surface area contributed by atoms with E-state index in [0.717, 1.165) is 0 Å². The van der Waals surface area contributed by atoms with Gasteiger partial charge in [0.15, 0.2) is 11.5 Å². The van der Waals surface area contributed by atoms with Crippen LogP contribution in [-0.2, 0) is 9.53 Å². The van der Waals surface area contributed by atoms with Gasteiger partial charge in [0.2, 0.25) is 0 Å². The molecule has 1 aromatic carbocycles. The van der Waals surface area contributed by atoms with E-state index in [0.29, 0.717) is 24.5 Å². The van der Waals surface area contributed by atoms with Crippen molar-refractivity contribution in [1.82, 2.24) is 0 Å². The van der Waals surface area contributed by atoms with Crippen LogP contribution in [0.4, 0.5) is 0 Å². The highest BCUT2D eigenvalue weighted by atomic mass is 16.5. The van der Waals surface area contributed by atoms with Gasteiger partial charge in [-0.15, -0.1) is 0 Å². The lowest BCUT2D eigenvalue weighted by atomic mass is 10.0. The molecule has 18 heavy (non-hydrogen) atoms. The van der Waals surface area contributed by atoms with Crippen LogP contribution in [0.25, 0.3) is 0 Å². The zero-order valence-corrected chi connectivity index (χ0v) is 10.7. The molecule has 3 N–H and O–H groups in total. The van der Waals surface area contributed by atoms with Gasteiger partial charge in [-0.2, -0.15) is 0 Å². The van der Waals surface area contributed by atoms with Crippen LogP contribution in [0.1, 0.15) is 31.9 Å². The molecule has 1 atom stereocenters. The van der Waals surface area contributed by atoms with E-state index < -0.39 is 6.04 Å². The van der Waals surface area contributed by atoms with Crippen LogP contribution >= 0.6 is 0 Å². The fourth-order valence-electron chi connectivity index (χ4n) is 1.62. The molecule has 0 fully saturated rings. The Morgan fingerprint density at radius 1 is 1.39 bits per heavy atom. The molecule has 0 aliphatic carbocycles. The van der Waals surface area contributed by atoms with Gasteiger partial charge in [-0.1, -0.05) is 12.1 Å². The number of esters is 1. The molecule has 100 valence electrons. The van der Waals surface area contributed by atoms with Gasteiger partial charge in [0.1, 0.15) is 0 Å². The largest absolute Gasteiger partial charge is 0.504 e. The normalized spacial score (nSPS) is 11.9. The molecule has 0 aromatic heterocycles. The second kappa shape index (κ2) is 6.86. The minimum atomic E-state index is -0.607. The molecule has 5 nitrogen and oxygen atoms in total. The number of ether oxygens (including phenoxy) is 2. The first-order valence-electron chi connectivity index (χ1n) is 5.96. The lowest BCUT2D eigenvalue weighted by Gasteiger charge is -2.15. The summed E-state index contributed by atoms with van der Waals surface area (Å²) in [6, 6.07) is 4.44. The zero-order valence-electron chi connectivity index (χ0n) is 10.7. The molecule has 0 aliphatic heterocycles. The highest BCUT2D eigenvalue weighted by Gasteiger charge is 2.18. The average Bonchev–Trinajstić information content (AvgIpc) is 2.32. The van der Waals surface area contributed by atoms with Crippen LogP contribution in [0, 0.1) is 0 Å². The van der Waals surface area contributed by atoms with Crippen LogP contribution in [0.3, 0.4) is 0 Å². The van der Waals surface area contributed by atoms with Crippen LogP contribution in [0.15, 0.2) is 18.2 Å². The fourth-order valence-corrected chi connectivity index (χ4v) is 1.62. The van der Waals surface area contributed by atoms with Gasteiger partial charge in [-0.25, -0.2) is 0 Å². The van der Waals surface area contributed by atoms with E-state index in [4.69, 9.17) is 15.2 Å². The van der Waals surface area contributed by atoms with Crippen molar-refractivity contribution < 1.29 is 19.4 Å². The van der Waals surface area contributed by atoms with Gasteiger partial charge in [-0.05, 0) is 19.9 Å². The van der Waals surface area contributed by atoms with Gasteiger partial charge < -0.3 is 20.3 Å². The molecule has 0 heterocycles. The Balaban J connectivity index is 2.82. The van der Waals surface area contributed by atoms with Crippen molar-refractivity contribution >= 4 is 5.97 Å². The zero-order chi connectivity index (χ0) is 13.5. The first-order valence-corrected chi connectivity index (χ1v) is 5.96. The second-order valence-electron chi connectivity index (χ2n) is 3.74. The molecule has 1 aromatic rings. The van der Waals surface area contributed by atoms with Gasteiger partial charge in [-0.3, -0.25) is 4.79 Å². The number of carbonyl (C=O) groups excluding carboxylic acids is 1. The second-order valence-corrected chi connectivity index (χ2v) is 3.74. The number of aromatic hydroxyl groups is 1. The molecule has 0 bridgehead atoms. The summed E-state index contributed by atoms with van der Waals surface area (Å²) in [6.45, 7) is 4.32. The van der Waals surface area contributed by atoms with Crippen LogP contribution in [0.2, 0.25) is 0 Å². The SMILES string of the molecule is CCOC(=O)C[C@H](N)c1cccc(OCC)c1O. The quantitative estimate of drug-likeness (QED) is 0.755. The molecule has 0 amide bonds. The topological polar surface area (TPSA) is 81.8 Å². The number of nitrogens with two attached hydrogens (primary N) is 1. The average molecular weight is 253 g/mol. The monoisotopic (exact) mass is 253 g/mol. The number of rotatable bonds is 6. The maximum atomic E-state index is 11.3. The minimum Gasteiger partial charge on any atom is -0.504 e. The number of phenolic OH excluding ortho intramolecular Hbond substituents is 1. The molecule has 0 saturated heterocycles. The van der Waals surface area contributed by atoms with E-state index >= 15 is 0 Å². The van der Waals surface area contributed by atoms with Crippen molar-refractivity contribution in [3.8, 4) is 11.5 Å². The Kier molecular flexibility index (Phi) is 5.45. The molecular formula is C13H19NO4. The van der Waals surface area contributed by atoms with Gasteiger partial charge in [0, 0.05) is 11.6 Å². The summed E-state index contributed by atoms with van der Waals surface area (Å²) < 4.78 is 10.1. The first-order chi connectivity index (χ1) is 8.60. The Hall–Kier alpha value is -1.75. The standard InChI is InChI=1S/C13H19NO4/c1-3-17-11-7-5-6-9(13(11)16)10(14)8-12(15)18-4-2/h5-7,10,16H,3-4,8,14H2,1-2H3/t10-/m0/s1. The van der Waals surface area contributed by atoms with Crippen molar-refractivity contribution in [2.45, 2.75) is 26.3 Å². The summed E-state index contributed by atoms with van der Waals surface area (Å²) in [6.07, 6.45) is 0.0248. The molecule has 1 rings (SSSR count). The van der Waals surface area contributed by atoms with Crippen molar-refractivity contribution in [2.75, 3.05) is 13.2 Å². The third kappa shape index (κ3) is 3.63. The number of para-hydroxylation sites is 1. The third-order valence-electron chi connectivity index (χ3n) is 2.42. The van der Waals surface area contributed by atoms with E-state index in [-0.39, 0.29) is 18.1 Å². The molecule has 5 heteroatoms. The summed E-state index contributed by atoms with van der Waals surface area (Å²) >= 11 is 0. The summed E-state index contributed by atoms with van der Waals surface area (Å²) in [7, 11) is 0. The molecule has 0 saturated carbocycles. The summed E-state index contributed by atoms with van der Waals surface area (Å²) in [5.41, 5.74) is 6.36. The fraction of sp³-hybridized carbons (Fsp3) is 0.462. The Morgan fingerprint density at radius 2 is 2.11 bits per heavy atom. The Morgan fingerprint density at radius 3 is 2.72 bits per heavy atom. The number of hydrogen-bond acceptors (Lipinski definition) is 5. The highest BCUT2D eigenvalue weighted by molar-refractivity contribution is 5.70. The highest BCUT2D eigenvalue weighted by Crippen LogP contribution is 2.33. The number of hydrogen-bond donors (Lipinski definition) is 2. The van der Waals surface area contributed by atoms with Gasteiger partial charge in [0.05, 0.1) is 19.6 Å². The van der Waals surface area contributed by atoms with E-state index in [1.54, 1.807) is 25.1 Å². The van der Waals surface area contributed by atoms with E-state index in [2.05, 4.69) is 0 Å². The van der Waals surface area contributed by atoms with E-state index in [1.807, 2.05) is 6.92 Å². The summed E-state index contributed by atoms with van der Waals surface area (Å²) in [5, 5.41) is 9.98. The maximum Gasteiger partial charge on any atom is 0.307 e. The third-order valence-corrected chi connectivity index (χ3v) is 2.42. The van der Waals surface area contributed by atoms with Crippen molar-refractivity contribution in [2.24, 2.45) is 5.73 Å². The summed E-state index contributed by atoms with van der Waals surface area (Å²) in [5.74, 6) is -0.0309. The lowest BCUT2D eigenvalue weighted by molar-refractivity contribution is -0.143. The predicted molar refractivity (Wildman–Crippen MR) is 67.5 cm³/mol. The van der Waals surface area contributed by atoms with Gasteiger partial charge in [0.25, 0.3) is 0 Å². The summed E-state index contributed by atoms with van der Waals surface area (Å²) in [4.78, 5) is 11.3. The smallest absolute Gasteiger partial charge is 0.307 e. The Labute approximate surface area is 107 Å². The van der Waals surface area contributed by atoms with Crippen molar-refractivity contribution in [3.63, 3.8) is 0 Å². The van der Waals surface area contributed by atoms with Gasteiger partial charge >= 0.3 is 5.97 Å². The predicted octanol–water partition coefficient (Wildman–Crippen LogP) is 1.74. The van der Waals surface area contributed by atoms with Crippen molar-refractivity contribution in [1.29, 1.82) is 0 Å². The van der Waals surface area contributed by atoms with Crippen LogP contribution < -0.4 is 10.5 Å². The minimum absolute atomic E-state index is 0.0175. The first kappa shape index (κ1) is 14.3. The van der Waals surface area contributed by atoms with Crippen LogP contribution in [-0.4, -0.2) is 24.3 Å². The molecule has 0 spiro atoms. The number of carbonyl (C=O) groups is 1. The van der Waals surface area contributed by atoms with E-state index in [9.17, 15) is 9.90 Å². The number of benzene rings is 1. The van der Waals surface area contributed by atoms with E-state index in [1.165, 1.54) is 0 Å². The molecular weight excluding hydrogens is 234 g/mol. The molecule has 0 unspecified atom stereocenters. The van der Waals surface area contributed by atoms with Crippen molar-refractivity contribution in [3.05, 3.63) is 23.8 Å². The molecule has 0 aliphatic rings.